The number of hydrogen-bond acceptors (Lipinski definition) is 4. The van der Waals surface area contributed by atoms with Crippen molar-refractivity contribution in [2.24, 2.45) is 0 Å². The van der Waals surface area contributed by atoms with Gasteiger partial charge in [0.15, 0.2) is 5.11 Å². The molecule has 7 nitrogen and oxygen atoms in total. The zero-order chi connectivity index (χ0) is 20.8. The molecule has 2 fully saturated rings. The SMILES string of the molecule is COc1ccc(NC(=S)N[C@H]2CCCCN(CC(=O)N3CCCC3)C2=O)c(C)c1. The van der Waals surface area contributed by atoms with Crippen LogP contribution < -0.4 is 15.4 Å². The van der Waals surface area contributed by atoms with E-state index in [1.165, 1.54) is 0 Å². The van der Waals surface area contributed by atoms with Crippen LogP contribution in [0.3, 0.4) is 0 Å². The summed E-state index contributed by atoms with van der Waals surface area (Å²) in [6, 6.07) is 5.27. The van der Waals surface area contributed by atoms with Crippen LogP contribution in [0, 0.1) is 6.92 Å². The molecule has 0 aliphatic carbocycles. The van der Waals surface area contributed by atoms with E-state index in [2.05, 4.69) is 10.6 Å². The topological polar surface area (TPSA) is 73.9 Å². The summed E-state index contributed by atoms with van der Waals surface area (Å²) in [5.41, 5.74) is 1.86. The van der Waals surface area contributed by atoms with Crippen molar-refractivity contribution in [1.82, 2.24) is 15.1 Å². The van der Waals surface area contributed by atoms with Crippen LogP contribution in [0.5, 0.6) is 5.75 Å². The minimum atomic E-state index is -0.414. The predicted molar refractivity (Wildman–Crippen MR) is 117 cm³/mol. The van der Waals surface area contributed by atoms with Gasteiger partial charge >= 0.3 is 0 Å². The highest BCUT2D eigenvalue weighted by molar-refractivity contribution is 7.80. The van der Waals surface area contributed by atoms with Gasteiger partial charge in [0.05, 0.1) is 13.7 Å². The van der Waals surface area contributed by atoms with Crippen molar-refractivity contribution in [3.8, 4) is 5.75 Å². The molecule has 8 heteroatoms. The number of aryl methyl sites for hydroxylation is 1. The van der Waals surface area contributed by atoms with Crippen molar-refractivity contribution in [1.29, 1.82) is 0 Å². The lowest BCUT2D eigenvalue weighted by atomic mass is 10.1. The summed E-state index contributed by atoms with van der Waals surface area (Å²) >= 11 is 5.45. The Hall–Kier alpha value is -2.35. The third kappa shape index (κ3) is 5.59. The summed E-state index contributed by atoms with van der Waals surface area (Å²) in [5.74, 6) is 0.779. The van der Waals surface area contributed by atoms with Crippen LogP contribution in [0.15, 0.2) is 18.2 Å². The number of nitrogens with one attached hydrogen (secondary N) is 2. The second-order valence-corrected chi connectivity index (χ2v) is 8.08. The Morgan fingerprint density at radius 3 is 2.62 bits per heavy atom. The van der Waals surface area contributed by atoms with Gasteiger partial charge in [-0.05, 0) is 75.0 Å². The number of nitrogens with zero attached hydrogens (tertiary/aromatic N) is 2. The van der Waals surface area contributed by atoms with E-state index in [1.807, 2.05) is 30.0 Å². The Balaban J connectivity index is 1.59. The van der Waals surface area contributed by atoms with Crippen molar-refractivity contribution >= 4 is 34.8 Å². The van der Waals surface area contributed by atoms with Crippen LogP contribution in [0.2, 0.25) is 0 Å². The van der Waals surface area contributed by atoms with Gasteiger partial charge in [-0.25, -0.2) is 0 Å². The summed E-state index contributed by atoms with van der Waals surface area (Å²) in [6.45, 7) is 4.36. The molecule has 158 valence electrons. The lowest BCUT2D eigenvalue weighted by Gasteiger charge is -2.27. The van der Waals surface area contributed by atoms with Gasteiger partial charge in [-0.15, -0.1) is 0 Å². The lowest BCUT2D eigenvalue weighted by molar-refractivity contribution is -0.140. The normalized spacial score (nSPS) is 19.7. The number of rotatable bonds is 5. The Labute approximate surface area is 177 Å². The van der Waals surface area contributed by atoms with Crippen molar-refractivity contribution in [2.75, 3.05) is 38.6 Å². The van der Waals surface area contributed by atoms with Gasteiger partial charge < -0.3 is 25.2 Å². The molecule has 1 atom stereocenters. The van der Waals surface area contributed by atoms with Gasteiger partial charge in [-0.3, -0.25) is 9.59 Å². The first-order valence-corrected chi connectivity index (χ1v) is 10.7. The highest BCUT2D eigenvalue weighted by atomic mass is 32.1. The summed E-state index contributed by atoms with van der Waals surface area (Å²) < 4.78 is 5.23. The molecular formula is C21H30N4O3S. The maximum Gasteiger partial charge on any atom is 0.245 e. The van der Waals surface area contributed by atoms with Crippen LogP contribution in [0.1, 0.15) is 37.7 Å². The van der Waals surface area contributed by atoms with Gasteiger partial charge in [0.1, 0.15) is 11.8 Å². The van der Waals surface area contributed by atoms with Gasteiger partial charge in [0.2, 0.25) is 11.8 Å². The summed E-state index contributed by atoms with van der Waals surface area (Å²) in [6.07, 6.45) is 4.62. The molecule has 1 aromatic carbocycles. The van der Waals surface area contributed by atoms with Crippen LogP contribution >= 0.6 is 12.2 Å². The monoisotopic (exact) mass is 418 g/mol. The molecule has 3 rings (SSSR count). The quantitative estimate of drug-likeness (QED) is 0.715. The summed E-state index contributed by atoms with van der Waals surface area (Å²) in [5, 5.41) is 6.73. The predicted octanol–water partition coefficient (Wildman–Crippen LogP) is 2.29. The van der Waals surface area contributed by atoms with Gasteiger partial charge in [0, 0.05) is 25.3 Å². The smallest absolute Gasteiger partial charge is 0.245 e. The molecule has 0 unspecified atom stereocenters. The molecule has 2 heterocycles. The number of hydrogen-bond donors (Lipinski definition) is 2. The fourth-order valence-electron chi connectivity index (χ4n) is 3.85. The average molecular weight is 419 g/mol. The number of carbonyl (C=O) groups excluding carboxylic acids is 2. The largest absolute Gasteiger partial charge is 0.497 e. The summed E-state index contributed by atoms with van der Waals surface area (Å²) in [4.78, 5) is 29.1. The number of likely N-dealkylation sites (tertiary alicyclic amines) is 2. The summed E-state index contributed by atoms with van der Waals surface area (Å²) in [7, 11) is 1.63. The van der Waals surface area contributed by atoms with E-state index in [9.17, 15) is 9.59 Å². The molecule has 0 aromatic heterocycles. The molecule has 2 N–H and O–H groups in total. The standard InChI is InChI=1S/C21H30N4O3S/c1-15-13-16(28-2)8-9-17(15)22-21(29)23-18-7-3-4-12-25(20(18)27)14-19(26)24-10-5-6-11-24/h8-9,13,18H,3-7,10-12,14H2,1-2H3,(H2,22,23,29)/t18-/m0/s1. The number of amides is 2. The molecule has 0 bridgehead atoms. The van der Waals surface area contributed by atoms with E-state index in [4.69, 9.17) is 17.0 Å². The molecule has 0 spiro atoms. The van der Waals surface area contributed by atoms with Crippen LogP contribution in [0.25, 0.3) is 0 Å². The van der Waals surface area contributed by atoms with E-state index in [-0.39, 0.29) is 18.4 Å². The maximum absolute atomic E-state index is 13.0. The van der Waals surface area contributed by atoms with Crippen LogP contribution in [0.4, 0.5) is 5.69 Å². The fraction of sp³-hybridized carbons (Fsp3) is 0.571. The van der Waals surface area contributed by atoms with E-state index < -0.39 is 6.04 Å². The number of ether oxygens (including phenoxy) is 1. The molecule has 2 aliphatic heterocycles. The zero-order valence-electron chi connectivity index (χ0n) is 17.2. The number of thiocarbonyl (C=S) groups is 1. The molecule has 1 aromatic rings. The first-order chi connectivity index (χ1) is 14.0. The van der Waals surface area contributed by atoms with E-state index >= 15 is 0 Å². The highest BCUT2D eigenvalue weighted by Crippen LogP contribution is 2.21. The molecule has 29 heavy (non-hydrogen) atoms. The average Bonchev–Trinajstić information content (AvgIpc) is 3.19. The zero-order valence-corrected chi connectivity index (χ0v) is 18.0. The van der Waals surface area contributed by atoms with Crippen LogP contribution in [-0.2, 0) is 9.59 Å². The van der Waals surface area contributed by atoms with Gasteiger partial charge in [0.25, 0.3) is 0 Å². The third-order valence-electron chi connectivity index (χ3n) is 5.55. The van der Waals surface area contributed by atoms with Gasteiger partial charge in [-0.2, -0.15) is 0 Å². The van der Waals surface area contributed by atoms with E-state index in [0.29, 0.717) is 18.1 Å². The third-order valence-corrected chi connectivity index (χ3v) is 5.77. The van der Waals surface area contributed by atoms with Crippen molar-refractivity contribution in [2.45, 2.75) is 45.1 Å². The van der Waals surface area contributed by atoms with Crippen LogP contribution in [-0.4, -0.2) is 66.1 Å². The molecule has 0 radical (unpaired) electrons. The Morgan fingerprint density at radius 2 is 1.93 bits per heavy atom. The number of benzene rings is 1. The number of carbonyl (C=O) groups is 2. The first-order valence-electron chi connectivity index (χ1n) is 10.3. The van der Waals surface area contributed by atoms with Crippen molar-refractivity contribution < 1.29 is 14.3 Å². The minimum Gasteiger partial charge on any atom is -0.497 e. The molecule has 2 aliphatic rings. The van der Waals surface area contributed by atoms with Crippen molar-refractivity contribution in [3.05, 3.63) is 23.8 Å². The maximum atomic E-state index is 13.0. The lowest BCUT2D eigenvalue weighted by Crippen LogP contribution is -2.51. The first kappa shape index (κ1) is 21.4. The molecular weight excluding hydrogens is 388 g/mol. The number of anilines is 1. The fourth-order valence-corrected chi connectivity index (χ4v) is 4.10. The van der Waals surface area contributed by atoms with E-state index in [0.717, 1.165) is 55.8 Å². The second-order valence-electron chi connectivity index (χ2n) is 7.68. The second kappa shape index (κ2) is 9.91. The number of methoxy groups -OCH3 is 1. The molecule has 0 saturated carbocycles. The Bertz CT molecular complexity index is 764. The van der Waals surface area contributed by atoms with Crippen molar-refractivity contribution in [3.63, 3.8) is 0 Å². The molecule has 2 saturated heterocycles. The van der Waals surface area contributed by atoms with Gasteiger partial charge in [-0.1, -0.05) is 0 Å². The van der Waals surface area contributed by atoms with E-state index in [1.54, 1.807) is 12.0 Å². The Morgan fingerprint density at radius 1 is 1.21 bits per heavy atom. The Kier molecular flexibility index (Phi) is 7.30. The minimum absolute atomic E-state index is 0.0473. The highest BCUT2D eigenvalue weighted by Gasteiger charge is 2.30. The molecule has 2 amide bonds.